The van der Waals surface area contributed by atoms with Gasteiger partial charge >= 0.3 is 0 Å². The highest BCUT2D eigenvalue weighted by atomic mass is 35.5. The number of aromatic nitrogens is 2. The molecule has 0 fully saturated rings. The van der Waals surface area contributed by atoms with E-state index in [1.807, 2.05) is 12.1 Å². The van der Waals surface area contributed by atoms with Crippen LogP contribution < -0.4 is 5.32 Å². The van der Waals surface area contributed by atoms with E-state index in [0.29, 0.717) is 5.92 Å². The van der Waals surface area contributed by atoms with E-state index in [0.717, 1.165) is 42.1 Å². The fraction of sp³-hybridized carbons (Fsp3) is 0.526. The quantitative estimate of drug-likeness (QED) is 0.803. The first kappa shape index (κ1) is 16.4. The van der Waals surface area contributed by atoms with Crippen molar-refractivity contribution < 1.29 is 0 Å². The molecule has 1 aliphatic heterocycles. The molecule has 0 amide bonds. The van der Waals surface area contributed by atoms with Crippen molar-refractivity contribution in [3.63, 3.8) is 0 Å². The molecule has 124 valence electrons. The zero-order valence-electron chi connectivity index (χ0n) is 14.3. The molecule has 0 saturated heterocycles. The molecule has 1 N–H and O–H groups in total. The molecule has 0 atom stereocenters. The van der Waals surface area contributed by atoms with Crippen LogP contribution in [0.2, 0.25) is 5.02 Å². The molecular weight excluding hydrogens is 306 g/mol. The van der Waals surface area contributed by atoms with Crippen molar-refractivity contribution in [3.8, 4) is 5.69 Å². The predicted octanol–water partition coefficient (Wildman–Crippen LogP) is 5.49. The summed E-state index contributed by atoms with van der Waals surface area (Å²) in [4.78, 5) is 0. The Morgan fingerprint density at radius 2 is 2.04 bits per heavy atom. The van der Waals surface area contributed by atoms with Gasteiger partial charge in [-0.3, -0.25) is 0 Å². The van der Waals surface area contributed by atoms with Crippen molar-refractivity contribution in [3.05, 3.63) is 40.0 Å². The van der Waals surface area contributed by atoms with Crippen molar-refractivity contribution in [1.82, 2.24) is 9.78 Å². The van der Waals surface area contributed by atoms with E-state index in [9.17, 15) is 0 Å². The number of fused-ring (bicyclic) bond motifs is 1. The highest BCUT2D eigenvalue weighted by molar-refractivity contribution is 6.30. The molecule has 0 saturated carbocycles. The van der Waals surface area contributed by atoms with Crippen LogP contribution in [0.4, 0.5) is 5.82 Å². The van der Waals surface area contributed by atoms with Crippen molar-refractivity contribution in [2.24, 2.45) is 0 Å². The second kappa shape index (κ2) is 6.96. The number of aryl methyl sites for hydroxylation is 1. The van der Waals surface area contributed by atoms with E-state index < -0.39 is 0 Å². The summed E-state index contributed by atoms with van der Waals surface area (Å²) in [5.41, 5.74) is 4.99. The van der Waals surface area contributed by atoms with Crippen LogP contribution in [0.1, 0.15) is 62.3 Å². The third-order valence-electron chi connectivity index (χ3n) is 4.92. The van der Waals surface area contributed by atoms with Gasteiger partial charge in [0.2, 0.25) is 0 Å². The molecule has 23 heavy (non-hydrogen) atoms. The maximum absolute atomic E-state index is 6.13. The molecule has 0 aliphatic carbocycles. The van der Waals surface area contributed by atoms with E-state index >= 15 is 0 Å². The van der Waals surface area contributed by atoms with Gasteiger partial charge in [0.25, 0.3) is 0 Å². The molecule has 0 spiro atoms. The number of hydrogen-bond acceptors (Lipinski definition) is 2. The Bertz CT molecular complexity index is 686. The normalized spacial score (nSPS) is 14.5. The third kappa shape index (κ3) is 3.12. The van der Waals surface area contributed by atoms with Gasteiger partial charge in [0.05, 0.1) is 11.4 Å². The maximum Gasteiger partial charge on any atom is 0.133 e. The molecule has 3 rings (SSSR count). The summed E-state index contributed by atoms with van der Waals surface area (Å²) in [5, 5.41) is 9.45. The average Bonchev–Trinajstić information content (AvgIpc) is 2.72. The fourth-order valence-corrected chi connectivity index (χ4v) is 3.79. The zero-order valence-corrected chi connectivity index (χ0v) is 15.1. The minimum Gasteiger partial charge on any atom is -0.370 e. The number of nitrogens with one attached hydrogen (secondary N) is 1. The summed E-state index contributed by atoms with van der Waals surface area (Å²) in [7, 11) is 0. The smallest absolute Gasteiger partial charge is 0.133 e. The Labute approximate surface area is 144 Å². The summed E-state index contributed by atoms with van der Waals surface area (Å²) < 4.78 is 2.11. The van der Waals surface area contributed by atoms with Gasteiger partial charge in [0.1, 0.15) is 5.82 Å². The molecular formula is C19H26ClN3. The first-order valence-corrected chi connectivity index (χ1v) is 9.15. The number of halogens is 1. The van der Waals surface area contributed by atoms with Crippen LogP contribution in [0.3, 0.4) is 0 Å². The predicted molar refractivity (Wildman–Crippen MR) is 98.1 cm³/mol. The second-order valence-electron chi connectivity index (χ2n) is 6.45. The van der Waals surface area contributed by atoms with Crippen LogP contribution in [0.25, 0.3) is 5.69 Å². The fourth-order valence-electron chi connectivity index (χ4n) is 3.56. The van der Waals surface area contributed by atoms with Crippen molar-refractivity contribution in [2.75, 3.05) is 11.9 Å². The maximum atomic E-state index is 6.13. The second-order valence-corrected chi connectivity index (χ2v) is 6.89. The largest absolute Gasteiger partial charge is 0.370 e. The Morgan fingerprint density at radius 1 is 1.26 bits per heavy atom. The van der Waals surface area contributed by atoms with Crippen LogP contribution in [-0.2, 0) is 6.42 Å². The average molecular weight is 332 g/mol. The lowest BCUT2D eigenvalue weighted by Gasteiger charge is -2.12. The van der Waals surface area contributed by atoms with Crippen LogP contribution >= 0.6 is 11.6 Å². The van der Waals surface area contributed by atoms with Crippen LogP contribution in [0, 0.1) is 6.92 Å². The highest BCUT2D eigenvalue weighted by Gasteiger charge is 2.24. The van der Waals surface area contributed by atoms with E-state index in [4.69, 9.17) is 16.7 Å². The number of benzene rings is 1. The number of anilines is 1. The van der Waals surface area contributed by atoms with Gasteiger partial charge in [0.15, 0.2) is 0 Å². The topological polar surface area (TPSA) is 29.9 Å². The SMILES string of the molecule is CCC(CC)c1nn(-c2ccc(Cl)cc2C)c2c1CCCCN2. The molecule has 1 aromatic heterocycles. The minimum atomic E-state index is 0.539. The molecule has 0 radical (unpaired) electrons. The van der Waals surface area contributed by atoms with E-state index in [1.54, 1.807) is 0 Å². The van der Waals surface area contributed by atoms with Crippen LogP contribution in [0.5, 0.6) is 0 Å². The number of rotatable bonds is 4. The molecule has 2 aromatic rings. The van der Waals surface area contributed by atoms with Crippen molar-refractivity contribution in [1.29, 1.82) is 0 Å². The van der Waals surface area contributed by atoms with Crippen LogP contribution in [-0.4, -0.2) is 16.3 Å². The van der Waals surface area contributed by atoms with Crippen LogP contribution in [0.15, 0.2) is 18.2 Å². The molecule has 1 aliphatic rings. The molecule has 0 bridgehead atoms. The van der Waals surface area contributed by atoms with Crippen molar-refractivity contribution >= 4 is 17.4 Å². The first-order valence-electron chi connectivity index (χ1n) is 8.77. The standard InChI is InChI=1S/C19H26ClN3/c1-4-14(5-2)18-16-8-6-7-11-21-19(16)23(22-18)17-10-9-15(20)12-13(17)3/h9-10,12,14,21H,4-8,11H2,1-3H3. The Morgan fingerprint density at radius 3 is 2.74 bits per heavy atom. The van der Waals surface area contributed by atoms with Gasteiger partial charge in [-0.25, -0.2) is 4.68 Å². The lowest BCUT2D eigenvalue weighted by atomic mass is 9.94. The summed E-state index contributed by atoms with van der Waals surface area (Å²) in [6, 6.07) is 6.04. The lowest BCUT2D eigenvalue weighted by Crippen LogP contribution is -2.08. The van der Waals surface area contributed by atoms with Gasteiger partial charge in [0, 0.05) is 23.0 Å². The lowest BCUT2D eigenvalue weighted by molar-refractivity contribution is 0.605. The summed E-state index contributed by atoms with van der Waals surface area (Å²) in [6.45, 7) is 7.64. The molecule has 0 unspecified atom stereocenters. The van der Waals surface area contributed by atoms with E-state index in [2.05, 4.69) is 36.8 Å². The van der Waals surface area contributed by atoms with Gasteiger partial charge < -0.3 is 5.32 Å². The van der Waals surface area contributed by atoms with Gasteiger partial charge in [-0.05, 0) is 62.8 Å². The first-order chi connectivity index (χ1) is 11.2. The van der Waals surface area contributed by atoms with Gasteiger partial charge in [-0.15, -0.1) is 0 Å². The van der Waals surface area contributed by atoms with Gasteiger partial charge in [-0.2, -0.15) is 5.10 Å². The molecule has 3 nitrogen and oxygen atoms in total. The Balaban J connectivity index is 2.16. The number of hydrogen-bond donors (Lipinski definition) is 1. The summed E-state index contributed by atoms with van der Waals surface area (Å²) in [5.74, 6) is 1.73. The Kier molecular flexibility index (Phi) is 4.96. The monoisotopic (exact) mass is 331 g/mol. The van der Waals surface area contributed by atoms with Crippen molar-refractivity contribution in [2.45, 2.75) is 58.8 Å². The molecule has 4 heteroatoms. The minimum absolute atomic E-state index is 0.539. The molecule has 1 aromatic carbocycles. The summed E-state index contributed by atoms with van der Waals surface area (Å²) in [6.07, 6.45) is 5.86. The zero-order chi connectivity index (χ0) is 16.4. The highest BCUT2D eigenvalue weighted by Crippen LogP contribution is 2.35. The van der Waals surface area contributed by atoms with Gasteiger partial charge in [-0.1, -0.05) is 25.4 Å². The van der Waals surface area contributed by atoms with E-state index in [-0.39, 0.29) is 0 Å². The number of nitrogens with zero attached hydrogens (tertiary/aromatic N) is 2. The summed E-state index contributed by atoms with van der Waals surface area (Å²) >= 11 is 6.13. The molecule has 2 heterocycles. The Hall–Kier alpha value is -1.48. The third-order valence-corrected chi connectivity index (χ3v) is 5.15. The van der Waals surface area contributed by atoms with E-state index in [1.165, 1.54) is 29.9 Å².